The maximum absolute atomic E-state index is 6.07. The molecule has 0 radical (unpaired) electrons. The van der Waals surface area contributed by atoms with Gasteiger partial charge in [0.25, 0.3) is 0 Å². The van der Waals surface area contributed by atoms with Crippen molar-refractivity contribution in [2.75, 3.05) is 11.1 Å². The third-order valence-electron chi connectivity index (χ3n) is 2.51. The van der Waals surface area contributed by atoms with E-state index in [0.717, 1.165) is 5.56 Å². The molecule has 0 fully saturated rings. The van der Waals surface area contributed by atoms with E-state index < -0.39 is 0 Å². The second-order valence-electron chi connectivity index (χ2n) is 4.59. The predicted molar refractivity (Wildman–Crippen MR) is 81.0 cm³/mol. The molecule has 2 heterocycles. The molecule has 0 bridgehead atoms. The van der Waals surface area contributed by atoms with Crippen LogP contribution < -0.4 is 15.8 Å². The standard InChI is InChI=1S/C14H17ClN4O/c1-9(2)20-14-10(4-3-5-17-14)7-18-13-12(15)6-11(16)8-19-13/h3-6,8-9H,7,16H2,1-2H3,(H,18,19). The van der Waals surface area contributed by atoms with Crippen LogP contribution in [0.4, 0.5) is 11.5 Å². The molecule has 2 aromatic heterocycles. The van der Waals surface area contributed by atoms with Gasteiger partial charge in [-0.3, -0.25) is 0 Å². The number of rotatable bonds is 5. The summed E-state index contributed by atoms with van der Waals surface area (Å²) in [6, 6.07) is 5.47. The van der Waals surface area contributed by atoms with Crippen molar-refractivity contribution in [3.63, 3.8) is 0 Å². The van der Waals surface area contributed by atoms with Crippen LogP contribution in [0.3, 0.4) is 0 Å². The monoisotopic (exact) mass is 292 g/mol. The first kappa shape index (κ1) is 14.4. The number of nitrogens with one attached hydrogen (secondary N) is 1. The van der Waals surface area contributed by atoms with Crippen LogP contribution in [0.5, 0.6) is 5.88 Å². The lowest BCUT2D eigenvalue weighted by atomic mass is 10.2. The molecule has 0 aliphatic carbocycles. The summed E-state index contributed by atoms with van der Waals surface area (Å²) >= 11 is 6.07. The third-order valence-corrected chi connectivity index (χ3v) is 2.79. The zero-order valence-corrected chi connectivity index (χ0v) is 12.2. The van der Waals surface area contributed by atoms with Gasteiger partial charge in [0, 0.05) is 18.3 Å². The summed E-state index contributed by atoms with van der Waals surface area (Å²) in [7, 11) is 0. The van der Waals surface area contributed by atoms with E-state index in [0.29, 0.717) is 29.0 Å². The van der Waals surface area contributed by atoms with Gasteiger partial charge in [0.2, 0.25) is 5.88 Å². The van der Waals surface area contributed by atoms with Crippen LogP contribution in [-0.2, 0) is 6.54 Å². The van der Waals surface area contributed by atoms with Gasteiger partial charge in [-0.2, -0.15) is 0 Å². The third kappa shape index (κ3) is 3.74. The Morgan fingerprint density at radius 3 is 2.90 bits per heavy atom. The molecule has 20 heavy (non-hydrogen) atoms. The minimum Gasteiger partial charge on any atom is -0.475 e. The first-order valence-corrected chi connectivity index (χ1v) is 6.69. The van der Waals surface area contributed by atoms with Gasteiger partial charge in [0.15, 0.2) is 0 Å². The molecule has 2 aromatic rings. The number of nitrogens with zero attached hydrogens (tertiary/aromatic N) is 2. The smallest absolute Gasteiger partial charge is 0.218 e. The van der Waals surface area contributed by atoms with Crippen LogP contribution in [0.2, 0.25) is 5.02 Å². The number of halogens is 1. The average molecular weight is 293 g/mol. The van der Waals surface area contributed by atoms with Crippen molar-refractivity contribution in [2.24, 2.45) is 0 Å². The maximum Gasteiger partial charge on any atom is 0.218 e. The molecule has 0 aromatic carbocycles. The van der Waals surface area contributed by atoms with Crippen molar-refractivity contribution in [2.45, 2.75) is 26.5 Å². The van der Waals surface area contributed by atoms with E-state index in [2.05, 4.69) is 15.3 Å². The van der Waals surface area contributed by atoms with E-state index in [4.69, 9.17) is 22.1 Å². The molecule has 106 valence electrons. The van der Waals surface area contributed by atoms with Crippen molar-refractivity contribution in [3.05, 3.63) is 41.2 Å². The second kappa shape index (κ2) is 6.43. The van der Waals surface area contributed by atoms with Crippen LogP contribution >= 0.6 is 11.6 Å². The Morgan fingerprint density at radius 1 is 1.40 bits per heavy atom. The Labute approximate surface area is 123 Å². The van der Waals surface area contributed by atoms with E-state index in [-0.39, 0.29) is 6.10 Å². The highest BCUT2D eigenvalue weighted by molar-refractivity contribution is 6.33. The summed E-state index contributed by atoms with van der Waals surface area (Å²) in [5.74, 6) is 1.20. The lowest BCUT2D eigenvalue weighted by molar-refractivity contribution is 0.230. The van der Waals surface area contributed by atoms with Gasteiger partial charge in [-0.1, -0.05) is 17.7 Å². The summed E-state index contributed by atoms with van der Waals surface area (Å²) in [5.41, 5.74) is 7.08. The molecule has 0 amide bonds. The molecule has 0 saturated carbocycles. The fraction of sp³-hybridized carbons (Fsp3) is 0.286. The van der Waals surface area contributed by atoms with Crippen molar-refractivity contribution >= 4 is 23.1 Å². The molecule has 6 heteroatoms. The van der Waals surface area contributed by atoms with E-state index in [9.17, 15) is 0 Å². The average Bonchev–Trinajstić information content (AvgIpc) is 2.39. The van der Waals surface area contributed by atoms with Crippen LogP contribution in [0, 0.1) is 0 Å². The van der Waals surface area contributed by atoms with Gasteiger partial charge in [-0.15, -0.1) is 0 Å². The van der Waals surface area contributed by atoms with Gasteiger partial charge in [0.1, 0.15) is 5.82 Å². The molecule has 0 atom stereocenters. The number of hydrogen-bond donors (Lipinski definition) is 2. The molecule has 0 aliphatic heterocycles. The van der Waals surface area contributed by atoms with Gasteiger partial charge in [-0.05, 0) is 26.0 Å². The highest BCUT2D eigenvalue weighted by atomic mass is 35.5. The van der Waals surface area contributed by atoms with Crippen LogP contribution in [0.25, 0.3) is 0 Å². The first-order valence-electron chi connectivity index (χ1n) is 6.31. The largest absolute Gasteiger partial charge is 0.475 e. The van der Waals surface area contributed by atoms with Gasteiger partial charge in [0.05, 0.1) is 23.0 Å². The topological polar surface area (TPSA) is 73.1 Å². The minimum atomic E-state index is 0.0712. The van der Waals surface area contributed by atoms with Gasteiger partial charge < -0.3 is 15.8 Å². The highest BCUT2D eigenvalue weighted by Crippen LogP contribution is 2.23. The number of hydrogen-bond acceptors (Lipinski definition) is 5. The van der Waals surface area contributed by atoms with Crippen LogP contribution in [0.1, 0.15) is 19.4 Å². The van der Waals surface area contributed by atoms with E-state index in [1.807, 2.05) is 26.0 Å². The molecular formula is C14H17ClN4O. The highest BCUT2D eigenvalue weighted by Gasteiger charge is 2.08. The number of anilines is 2. The molecule has 5 nitrogen and oxygen atoms in total. The quantitative estimate of drug-likeness (QED) is 0.886. The Balaban J connectivity index is 2.10. The molecule has 0 saturated heterocycles. The summed E-state index contributed by atoms with van der Waals surface area (Å²) in [6.07, 6.45) is 3.33. The second-order valence-corrected chi connectivity index (χ2v) is 4.99. The van der Waals surface area contributed by atoms with Crippen molar-refractivity contribution in [1.82, 2.24) is 9.97 Å². The Morgan fingerprint density at radius 2 is 2.20 bits per heavy atom. The summed E-state index contributed by atoms with van der Waals surface area (Å²) in [6.45, 7) is 4.45. The molecule has 0 aliphatic rings. The molecule has 2 rings (SSSR count). The number of nitrogen functional groups attached to an aromatic ring is 1. The number of pyridine rings is 2. The Bertz CT molecular complexity index is 589. The predicted octanol–water partition coefficient (Wildman–Crippen LogP) is 3.11. The molecular weight excluding hydrogens is 276 g/mol. The lowest BCUT2D eigenvalue weighted by Gasteiger charge is -2.14. The van der Waals surface area contributed by atoms with Gasteiger partial charge in [-0.25, -0.2) is 9.97 Å². The number of ether oxygens (including phenoxy) is 1. The summed E-state index contributed by atoms with van der Waals surface area (Å²) in [4.78, 5) is 8.39. The number of nitrogens with two attached hydrogens (primary N) is 1. The zero-order chi connectivity index (χ0) is 14.5. The Hall–Kier alpha value is -2.01. The van der Waals surface area contributed by atoms with Crippen LogP contribution in [0.15, 0.2) is 30.6 Å². The van der Waals surface area contributed by atoms with Crippen molar-refractivity contribution in [1.29, 1.82) is 0 Å². The minimum absolute atomic E-state index is 0.0712. The normalized spacial score (nSPS) is 10.6. The lowest BCUT2D eigenvalue weighted by Crippen LogP contribution is -2.11. The van der Waals surface area contributed by atoms with E-state index >= 15 is 0 Å². The molecule has 0 unspecified atom stereocenters. The summed E-state index contributed by atoms with van der Waals surface area (Å²) in [5, 5.41) is 3.64. The summed E-state index contributed by atoms with van der Waals surface area (Å²) < 4.78 is 5.66. The van der Waals surface area contributed by atoms with Crippen LogP contribution in [-0.4, -0.2) is 16.1 Å². The zero-order valence-electron chi connectivity index (χ0n) is 11.4. The fourth-order valence-corrected chi connectivity index (χ4v) is 1.89. The van der Waals surface area contributed by atoms with Crippen molar-refractivity contribution < 1.29 is 4.74 Å². The maximum atomic E-state index is 6.07. The Kier molecular flexibility index (Phi) is 4.63. The SMILES string of the molecule is CC(C)Oc1ncccc1CNc1ncc(N)cc1Cl. The van der Waals surface area contributed by atoms with E-state index in [1.54, 1.807) is 18.5 Å². The van der Waals surface area contributed by atoms with Gasteiger partial charge >= 0.3 is 0 Å². The molecule has 0 spiro atoms. The van der Waals surface area contributed by atoms with E-state index in [1.165, 1.54) is 0 Å². The first-order chi connectivity index (χ1) is 9.56. The van der Waals surface area contributed by atoms with Crippen molar-refractivity contribution in [3.8, 4) is 5.88 Å². The number of aromatic nitrogens is 2. The fourth-order valence-electron chi connectivity index (χ4n) is 1.65. The molecule has 3 N–H and O–H groups in total.